The Balaban J connectivity index is 1.81. The Bertz CT molecular complexity index is 1660. The minimum atomic E-state index is -2.87. The number of aliphatic hydroxyl groups excluding tert-OH is 2. The zero-order valence-corrected chi connectivity index (χ0v) is 32.7. The molecule has 0 amide bonds. The topological polar surface area (TPSA) is 132 Å². The van der Waals surface area contributed by atoms with E-state index >= 15 is 9.18 Å². The number of carbonyl (C=O) groups is 2. The zero-order chi connectivity index (χ0) is 36.2. The first-order valence-electron chi connectivity index (χ1n) is 17.3. The number of halogens is 2. The molecule has 0 saturated carbocycles. The van der Waals surface area contributed by atoms with Crippen molar-refractivity contribution >= 4 is 35.8 Å². The minimum Gasteiger partial charge on any atom is -0.508 e. The van der Waals surface area contributed by atoms with Crippen molar-refractivity contribution in [2.75, 3.05) is 27.3 Å². The molecule has 1 heterocycles. The Kier molecular flexibility index (Phi) is 10.7. The van der Waals surface area contributed by atoms with Crippen molar-refractivity contribution in [2.45, 2.75) is 110 Å². The quantitative estimate of drug-likeness (QED) is 0.163. The number of carbonyl (C=O) groups excluding carboxylic acids is 2. The monoisotopic (exact) mass is 764 g/mol. The molecule has 2 aromatic rings. The molecule has 0 unspecified atom stereocenters. The van der Waals surface area contributed by atoms with Gasteiger partial charge < -0.3 is 28.6 Å². The lowest BCUT2D eigenvalue weighted by Crippen LogP contribution is -2.65. The van der Waals surface area contributed by atoms with Crippen molar-refractivity contribution in [3.05, 3.63) is 49.6 Å². The maximum absolute atomic E-state index is 15.8. The van der Waals surface area contributed by atoms with Crippen LogP contribution in [0.1, 0.15) is 110 Å². The molecule has 3 aliphatic carbocycles. The van der Waals surface area contributed by atoms with Crippen LogP contribution >= 0.6 is 15.9 Å². The summed E-state index contributed by atoms with van der Waals surface area (Å²) in [7, 11) is 0.852. The normalized spacial score (nSPS) is 23.7. The van der Waals surface area contributed by atoms with Gasteiger partial charge in [-0.2, -0.15) is 0 Å². The Hall–Kier alpha value is -2.58. The van der Waals surface area contributed by atoms with E-state index in [1.165, 1.54) is 0 Å². The van der Waals surface area contributed by atoms with E-state index in [9.17, 15) is 15.0 Å². The largest absolute Gasteiger partial charge is 0.508 e. The summed E-state index contributed by atoms with van der Waals surface area (Å²) in [5.41, 5.74) is -1.47. The van der Waals surface area contributed by atoms with E-state index in [0.29, 0.717) is 24.4 Å². The number of benzene rings is 1. The van der Waals surface area contributed by atoms with Gasteiger partial charge in [0.1, 0.15) is 22.9 Å². The van der Waals surface area contributed by atoms with E-state index in [0.717, 1.165) is 19.3 Å². The first-order chi connectivity index (χ1) is 23.0. The van der Waals surface area contributed by atoms with Crippen molar-refractivity contribution in [1.29, 1.82) is 0 Å². The Morgan fingerprint density at radius 1 is 1.10 bits per heavy atom. The fraction of sp³-hybridized carbons (Fsp3) is 0.639. The van der Waals surface area contributed by atoms with Crippen LogP contribution in [0.3, 0.4) is 0 Å². The van der Waals surface area contributed by atoms with Crippen LogP contribution in [0, 0.1) is 17.7 Å². The molecular weight excluding hydrogens is 715 g/mol. The van der Waals surface area contributed by atoms with E-state index in [-0.39, 0.29) is 62.9 Å². The Morgan fingerprint density at radius 2 is 1.73 bits per heavy atom. The zero-order valence-electron chi connectivity index (χ0n) is 30.1. The van der Waals surface area contributed by atoms with Gasteiger partial charge in [0.25, 0.3) is 5.88 Å². The van der Waals surface area contributed by atoms with Crippen molar-refractivity contribution in [3.8, 4) is 11.6 Å². The molecule has 13 heteroatoms. The summed E-state index contributed by atoms with van der Waals surface area (Å²) in [4.78, 5) is 32.0. The number of rotatable bonds is 12. The summed E-state index contributed by atoms with van der Waals surface area (Å²) in [5.74, 6) is -3.22. The van der Waals surface area contributed by atoms with Gasteiger partial charge >= 0.3 is 0 Å². The highest BCUT2D eigenvalue weighted by molar-refractivity contribution is 9.10. The summed E-state index contributed by atoms with van der Waals surface area (Å²) < 4.78 is 40.9. The molecule has 3 aliphatic rings. The molecule has 0 fully saturated rings. The summed E-state index contributed by atoms with van der Waals surface area (Å²) in [6.45, 7) is 14.0. The van der Waals surface area contributed by atoms with Gasteiger partial charge in [-0.15, -0.1) is 0 Å². The standard InChI is InChI=1S/C36H50BrFN2O8Si/c1-10-12-14-45-30-21(18-41)27(38)26(37)20-16-19-17-22-28(40(6)7)31-25(34(39-47-31)46-15-13-11-2)33(44)36(22,48-49(8,9)35(3,4)5)32(43)23(19)29(42)24(20)30/h19,22,28,41,43H,10-18H2,1-9H3/t19-,22-,28-,36-/m0/s1. The lowest BCUT2D eigenvalue weighted by Gasteiger charge is -2.55. The number of allylic oxidation sites excluding steroid dienone is 1. The molecule has 2 N–H and O–H groups in total. The predicted octanol–water partition coefficient (Wildman–Crippen LogP) is 7.87. The highest BCUT2D eigenvalue weighted by atomic mass is 79.9. The van der Waals surface area contributed by atoms with Crippen LogP contribution in [-0.4, -0.2) is 73.1 Å². The minimum absolute atomic E-state index is 0.0361. The first-order valence-corrected chi connectivity index (χ1v) is 21.0. The van der Waals surface area contributed by atoms with Gasteiger partial charge in [0.2, 0.25) is 5.78 Å². The van der Waals surface area contributed by atoms with Crippen molar-refractivity contribution in [3.63, 3.8) is 0 Å². The Labute approximate surface area is 297 Å². The molecule has 1 aromatic carbocycles. The van der Waals surface area contributed by atoms with Gasteiger partial charge in [-0.1, -0.05) is 47.5 Å². The second-order valence-electron chi connectivity index (χ2n) is 15.2. The number of nitrogens with zero attached hydrogens (tertiary/aromatic N) is 2. The molecule has 270 valence electrons. The van der Waals surface area contributed by atoms with Gasteiger partial charge in [0.05, 0.1) is 41.5 Å². The molecule has 0 saturated heterocycles. The van der Waals surface area contributed by atoms with Gasteiger partial charge in [-0.05, 0) is 90.5 Å². The number of unbranched alkanes of at least 4 members (excludes halogenated alkanes) is 2. The molecule has 0 bridgehead atoms. The van der Waals surface area contributed by atoms with Crippen molar-refractivity contribution in [2.24, 2.45) is 11.8 Å². The molecular formula is C36H50BrFN2O8Si. The molecule has 0 radical (unpaired) electrons. The van der Waals surface area contributed by atoms with E-state index in [1.807, 2.05) is 66.7 Å². The molecule has 10 nitrogen and oxygen atoms in total. The van der Waals surface area contributed by atoms with Crippen LogP contribution in [0.25, 0.3) is 0 Å². The fourth-order valence-corrected chi connectivity index (χ4v) is 9.31. The number of ketones is 2. The van der Waals surface area contributed by atoms with Crippen LogP contribution in [0.4, 0.5) is 4.39 Å². The van der Waals surface area contributed by atoms with Crippen LogP contribution in [0.5, 0.6) is 11.6 Å². The van der Waals surface area contributed by atoms with Crippen LogP contribution in [0.2, 0.25) is 18.1 Å². The fourth-order valence-electron chi connectivity index (χ4n) is 7.26. The van der Waals surface area contributed by atoms with E-state index in [1.54, 1.807) is 0 Å². The van der Waals surface area contributed by atoms with E-state index in [2.05, 4.69) is 21.1 Å². The highest BCUT2D eigenvalue weighted by Gasteiger charge is 2.67. The first kappa shape index (κ1) is 37.7. The average molecular weight is 766 g/mol. The number of ether oxygens (including phenoxy) is 2. The summed E-state index contributed by atoms with van der Waals surface area (Å²) >= 11 is 3.38. The maximum Gasteiger partial charge on any atom is 0.265 e. The molecule has 0 spiro atoms. The molecule has 5 rings (SSSR count). The van der Waals surface area contributed by atoms with Gasteiger partial charge in [-0.3, -0.25) is 14.5 Å². The highest BCUT2D eigenvalue weighted by Crippen LogP contribution is 2.60. The molecule has 49 heavy (non-hydrogen) atoms. The lowest BCUT2D eigenvalue weighted by molar-refractivity contribution is -0.0480. The number of aromatic nitrogens is 1. The second kappa shape index (κ2) is 13.9. The van der Waals surface area contributed by atoms with Crippen molar-refractivity contribution < 1.29 is 42.6 Å². The third-order valence-corrected chi connectivity index (χ3v) is 16.1. The van der Waals surface area contributed by atoms with E-state index in [4.69, 9.17) is 18.4 Å². The van der Waals surface area contributed by atoms with Crippen LogP contribution < -0.4 is 9.47 Å². The van der Waals surface area contributed by atoms with Crippen LogP contribution in [0.15, 0.2) is 20.3 Å². The number of aliphatic hydroxyl groups is 2. The smallest absolute Gasteiger partial charge is 0.265 e. The molecule has 1 aromatic heterocycles. The summed E-state index contributed by atoms with van der Waals surface area (Å²) in [6, 6.07) is -0.585. The Morgan fingerprint density at radius 3 is 2.31 bits per heavy atom. The third kappa shape index (κ3) is 6.00. The number of Topliss-reactive ketones (excluding diaryl/α,β-unsaturated/α-hetero) is 2. The van der Waals surface area contributed by atoms with Crippen LogP contribution in [-0.2, 0) is 17.5 Å². The number of fused-ring (bicyclic) bond motifs is 4. The third-order valence-electron chi connectivity index (χ3n) is 10.8. The molecule has 4 atom stereocenters. The maximum atomic E-state index is 15.8. The predicted molar refractivity (Wildman–Crippen MR) is 188 cm³/mol. The van der Waals surface area contributed by atoms with Gasteiger partial charge in [-0.25, -0.2) is 4.39 Å². The van der Waals surface area contributed by atoms with Gasteiger partial charge in [0.15, 0.2) is 25.5 Å². The van der Waals surface area contributed by atoms with Crippen molar-refractivity contribution in [1.82, 2.24) is 10.1 Å². The summed E-state index contributed by atoms with van der Waals surface area (Å²) in [6.07, 6.45) is 3.49. The summed E-state index contributed by atoms with van der Waals surface area (Å²) in [5, 5.41) is 26.8. The number of hydrogen-bond donors (Lipinski definition) is 2. The SMILES string of the molecule is CCCCOc1noc2c1C(=O)[C@@]1(O[Si](C)(C)C(C)(C)C)C(O)=C3C(=O)c4c(c(Br)c(F)c(CO)c4OCCCC)C[C@H]3C[C@H]1[C@@H]2N(C)C. The number of hydrogen-bond acceptors (Lipinski definition) is 10. The van der Waals surface area contributed by atoms with E-state index < -0.39 is 61.5 Å². The lowest BCUT2D eigenvalue weighted by atomic mass is 9.58. The second-order valence-corrected chi connectivity index (χ2v) is 20.8. The van der Waals surface area contributed by atoms with Gasteiger partial charge in [0, 0.05) is 11.5 Å². The average Bonchev–Trinajstić information content (AvgIpc) is 3.43. The molecule has 0 aliphatic heterocycles.